The standard InChI is InChI=1S/C11H18N4O2S/c1-6(2)12-9(16)7(3)18-11-14-13-10(17)15(11)8-4-5-8/h6-8H,4-5H2,1-3H3,(H,12,16)(H,13,17). The van der Waals surface area contributed by atoms with Crippen LogP contribution in [0.1, 0.15) is 39.7 Å². The van der Waals surface area contributed by atoms with Gasteiger partial charge in [0.05, 0.1) is 5.25 Å². The molecule has 1 aromatic heterocycles. The largest absolute Gasteiger partial charge is 0.353 e. The molecule has 0 saturated heterocycles. The van der Waals surface area contributed by atoms with Crippen molar-refractivity contribution in [3.05, 3.63) is 10.5 Å². The van der Waals surface area contributed by atoms with Gasteiger partial charge in [-0.2, -0.15) is 0 Å². The first-order valence-electron chi connectivity index (χ1n) is 6.13. The minimum atomic E-state index is -0.264. The van der Waals surface area contributed by atoms with E-state index in [0.29, 0.717) is 5.16 Å². The molecule has 0 radical (unpaired) electrons. The van der Waals surface area contributed by atoms with Gasteiger partial charge in [-0.15, -0.1) is 5.10 Å². The van der Waals surface area contributed by atoms with Gasteiger partial charge in [0, 0.05) is 12.1 Å². The average molecular weight is 270 g/mol. The number of hydrogen-bond donors (Lipinski definition) is 2. The van der Waals surface area contributed by atoms with Crippen molar-refractivity contribution in [3.63, 3.8) is 0 Å². The normalized spacial score (nSPS) is 16.9. The predicted molar refractivity (Wildman–Crippen MR) is 69.7 cm³/mol. The highest BCUT2D eigenvalue weighted by Gasteiger charge is 2.30. The summed E-state index contributed by atoms with van der Waals surface area (Å²) in [5.74, 6) is -0.0344. The SMILES string of the molecule is CC(C)NC(=O)C(C)Sc1n[nH]c(=O)n1C1CC1. The number of aromatic nitrogens is 3. The lowest BCUT2D eigenvalue weighted by atomic mass is 10.3. The van der Waals surface area contributed by atoms with Crippen LogP contribution in [0.15, 0.2) is 9.95 Å². The van der Waals surface area contributed by atoms with Crippen molar-refractivity contribution in [2.45, 2.75) is 56.1 Å². The predicted octanol–water partition coefficient (Wildman–Crippen LogP) is 0.911. The Bertz CT molecular complexity index is 489. The molecule has 1 aliphatic rings. The molecule has 2 rings (SSSR count). The van der Waals surface area contributed by atoms with Crippen LogP contribution < -0.4 is 11.0 Å². The number of carbonyl (C=O) groups is 1. The Morgan fingerprint density at radius 1 is 1.50 bits per heavy atom. The molecule has 1 aromatic rings. The van der Waals surface area contributed by atoms with Crippen LogP contribution in [0.2, 0.25) is 0 Å². The summed E-state index contributed by atoms with van der Waals surface area (Å²) in [6.45, 7) is 5.66. The van der Waals surface area contributed by atoms with Crippen LogP contribution in [0.4, 0.5) is 0 Å². The lowest BCUT2D eigenvalue weighted by molar-refractivity contribution is -0.120. The summed E-state index contributed by atoms with van der Waals surface area (Å²) in [4.78, 5) is 23.4. The fourth-order valence-corrected chi connectivity index (χ4v) is 2.58. The van der Waals surface area contributed by atoms with Crippen LogP contribution in [0.5, 0.6) is 0 Å². The lowest BCUT2D eigenvalue weighted by Gasteiger charge is -2.13. The monoisotopic (exact) mass is 270 g/mol. The number of hydrogen-bond acceptors (Lipinski definition) is 4. The van der Waals surface area contributed by atoms with Crippen molar-refractivity contribution >= 4 is 17.7 Å². The van der Waals surface area contributed by atoms with E-state index in [1.807, 2.05) is 20.8 Å². The summed E-state index contributed by atoms with van der Waals surface area (Å²) in [7, 11) is 0. The topological polar surface area (TPSA) is 79.8 Å². The highest BCUT2D eigenvalue weighted by molar-refractivity contribution is 8.00. The highest BCUT2D eigenvalue weighted by atomic mass is 32.2. The molecule has 100 valence electrons. The van der Waals surface area contributed by atoms with E-state index in [1.54, 1.807) is 4.57 Å². The molecular weight excluding hydrogens is 252 g/mol. The lowest BCUT2D eigenvalue weighted by Crippen LogP contribution is -2.36. The number of aromatic amines is 1. The van der Waals surface area contributed by atoms with Gasteiger partial charge in [0.25, 0.3) is 0 Å². The van der Waals surface area contributed by atoms with Gasteiger partial charge in [-0.05, 0) is 33.6 Å². The molecule has 0 aromatic carbocycles. The molecule has 1 amide bonds. The van der Waals surface area contributed by atoms with Crippen LogP contribution in [0.3, 0.4) is 0 Å². The third-order valence-electron chi connectivity index (χ3n) is 2.67. The molecule has 1 atom stereocenters. The highest BCUT2D eigenvalue weighted by Crippen LogP contribution is 2.36. The molecule has 7 heteroatoms. The number of rotatable bonds is 5. The van der Waals surface area contributed by atoms with Crippen LogP contribution in [-0.4, -0.2) is 32.0 Å². The van der Waals surface area contributed by atoms with Gasteiger partial charge in [0.15, 0.2) is 5.16 Å². The maximum atomic E-state index is 11.8. The van der Waals surface area contributed by atoms with E-state index < -0.39 is 0 Å². The maximum absolute atomic E-state index is 11.8. The second kappa shape index (κ2) is 5.17. The number of amides is 1. The van der Waals surface area contributed by atoms with Crippen LogP contribution in [0.25, 0.3) is 0 Å². The van der Waals surface area contributed by atoms with Crippen molar-refractivity contribution < 1.29 is 4.79 Å². The second-order valence-electron chi connectivity index (χ2n) is 4.84. The maximum Gasteiger partial charge on any atom is 0.344 e. The average Bonchev–Trinajstić information content (AvgIpc) is 3.04. The van der Waals surface area contributed by atoms with Gasteiger partial charge in [0.2, 0.25) is 5.91 Å². The van der Waals surface area contributed by atoms with E-state index in [2.05, 4.69) is 15.5 Å². The molecule has 0 aliphatic heterocycles. The number of nitrogens with zero attached hydrogens (tertiary/aromatic N) is 2. The zero-order valence-corrected chi connectivity index (χ0v) is 11.6. The van der Waals surface area contributed by atoms with Crippen molar-refractivity contribution in [2.75, 3.05) is 0 Å². The van der Waals surface area contributed by atoms with Gasteiger partial charge in [-0.25, -0.2) is 9.89 Å². The number of carbonyl (C=O) groups excluding carboxylic acids is 1. The molecule has 6 nitrogen and oxygen atoms in total. The third-order valence-corrected chi connectivity index (χ3v) is 3.73. The van der Waals surface area contributed by atoms with Crippen molar-refractivity contribution in [1.82, 2.24) is 20.1 Å². The van der Waals surface area contributed by atoms with E-state index in [1.165, 1.54) is 11.8 Å². The van der Waals surface area contributed by atoms with E-state index >= 15 is 0 Å². The molecule has 1 fully saturated rings. The van der Waals surface area contributed by atoms with Gasteiger partial charge < -0.3 is 5.32 Å². The fourth-order valence-electron chi connectivity index (χ4n) is 1.64. The summed E-state index contributed by atoms with van der Waals surface area (Å²) in [6.07, 6.45) is 2.03. The summed E-state index contributed by atoms with van der Waals surface area (Å²) in [5, 5.41) is 9.63. The first-order chi connectivity index (χ1) is 8.49. The molecule has 1 aliphatic carbocycles. The summed E-state index contributed by atoms with van der Waals surface area (Å²) in [6, 6.07) is 0.379. The molecule has 0 spiro atoms. The summed E-state index contributed by atoms with van der Waals surface area (Å²) >= 11 is 1.32. The van der Waals surface area contributed by atoms with E-state index in [4.69, 9.17) is 0 Å². The Kier molecular flexibility index (Phi) is 3.79. The molecule has 2 N–H and O–H groups in total. The van der Waals surface area contributed by atoms with Crippen LogP contribution in [0, 0.1) is 0 Å². The van der Waals surface area contributed by atoms with Gasteiger partial charge in [-0.3, -0.25) is 9.36 Å². The van der Waals surface area contributed by atoms with Crippen molar-refractivity contribution in [3.8, 4) is 0 Å². The summed E-state index contributed by atoms with van der Waals surface area (Å²) in [5.41, 5.74) is -0.184. The molecular formula is C11H18N4O2S. The fraction of sp³-hybridized carbons (Fsp3) is 0.727. The second-order valence-corrected chi connectivity index (χ2v) is 6.14. The molecule has 1 saturated carbocycles. The van der Waals surface area contributed by atoms with E-state index in [0.717, 1.165) is 12.8 Å². The van der Waals surface area contributed by atoms with Gasteiger partial charge in [0.1, 0.15) is 0 Å². The zero-order chi connectivity index (χ0) is 13.3. The Hall–Kier alpha value is -1.24. The molecule has 0 bridgehead atoms. The van der Waals surface area contributed by atoms with E-state index in [-0.39, 0.29) is 28.9 Å². The van der Waals surface area contributed by atoms with Crippen molar-refractivity contribution in [2.24, 2.45) is 0 Å². The molecule has 1 unspecified atom stereocenters. The van der Waals surface area contributed by atoms with Crippen molar-refractivity contribution in [1.29, 1.82) is 0 Å². The van der Waals surface area contributed by atoms with Gasteiger partial charge in [-0.1, -0.05) is 11.8 Å². The van der Waals surface area contributed by atoms with Crippen LogP contribution in [-0.2, 0) is 4.79 Å². The quantitative estimate of drug-likeness (QED) is 0.779. The number of H-pyrrole nitrogens is 1. The molecule has 1 heterocycles. The van der Waals surface area contributed by atoms with Gasteiger partial charge >= 0.3 is 5.69 Å². The smallest absolute Gasteiger partial charge is 0.344 e. The Balaban J connectivity index is 2.05. The number of thioether (sulfide) groups is 1. The minimum absolute atomic E-state index is 0.0344. The summed E-state index contributed by atoms with van der Waals surface area (Å²) < 4.78 is 1.66. The number of nitrogens with one attached hydrogen (secondary N) is 2. The first kappa shape index (κ1) is 13.2. The Labute approximate surface area is 110 Å². The molecule has 18 heavy (non-hydrogen) atoms. The third kappa shape index (κ3) is 2.95. The van der Waals surface area contributed by atoms with Crippen LogP contribution >= 0.6 is 11.8 Å². The Morgan fingerprint density at radius 2 is 2.17 bits per heavy atom. The Morgan fingerprint density at radius 3 is 2.72 bits per heavy atom. The first-order valence-corrected chi connectivity index (χ1v) is 7.01. The minimum Gasteiger partial charge on any atom is -0.353 e. The zero-order valence-electron chi connectivity index (χ0n) is 10.8. The van der Waals surface area contributed by atoms with E-state index in [9.17, 15) is 9.59 Å².